The smallest absolute Gasteiger partial charge is 0.178 e. The predicted octanol–water partition coefficient (Wildman–Crippen LogP) is 1.27. The van der Waals surface area contributed by atoms with E-state index in [2.05, 4.69) is 31.1 Å². The molecule has 5 rings (SSSR count). The zero-order chi connectivity index (χ0) is 17.7. The van der Waals surface area contributed by atoms with Crippen molar-refractivity contribution in [3.05, 3.63) is 42.0 Å². The minimum atomic E-state index is 0.513. The van der Waals surface area contributed by atoms with Gasteiger partial charge in [0.2, 0.25) is 0 Å². The van der Waals surface area contributed by atoms with Crippen LogP contribution in [0.1, 0.15) is 11.5 Å². The summed E-state index contributed by atoms with van der Waals surface area (Å²) >= 11 is 0. The first-order valence-electron chi connectivity index (χ1n) is 8.77. The van der Waals surface area contributed by atoms with Crippen LogP contribution in [0.25, 0.3) is 5.65 Å². The molecule has 2 aliphatic heterocycles. The second-order valence-corrected chi connectivity index (χ2v) is 7.02. The largest absolute Gasteiger partial charge is 0.368 e. The first-order chi connectivity index (χ1) is 12.7. The zero-order valence-electron chi connectivity index (χ0n) is 14.4. The summed E-state index contributed by atoms with van der Waals surface area (Å²) in [6.07, 6.45) is 1.68. The maximum atomic E-state index is 9.30. The lowest BCUT2D eigenvalue weighted by molar-refractivity contribution is 0.533. The number of aromatic nitrogens is 5. The second kappa shape index (κ2) is 5.66. The summed E-state index contributed by atoms with van der Waals surface area (Å²) in [7, 11) is 0. The maximum Gasteiger partial charge on any atom is 0.178 e. The van der Waals surface area contributed by atoms with Crippen molar-refractivity contribution in [3.63, 3.8) is 0 Å². The van der Waals surface area contributed by atoms with E-state index in [-0.39, 0.29) is 0 Å². The Morgan fingerprint density at radius 1 is 1.04 bits per heavy atom. The number of pyridine rings is 1. The molecule has 2 aliphatic rings. The highest BCUT2D eigenvalue weighted by Gasteiger charge is 2.41. The van der Waals surface area contributed by atoms with Crippen LogP contribution in [-0.4, -0.2) is 51.0 Å². The third-order valence-electron chi connectivity index (χ3n) is 5.45. The van der Waals surface area contributed by atoms with E-state index in [9.17, 15) is 5.26 Å². The van der Waals surface area contributed by atoms with E-state index in [1.54, 1.807) is 10.7 Å². The number of nitriles is 1. The Balaban J connectivity index is 1.35. The van der Waals surface area contributed by atoms with Crippen molar-refractivity contribution in [2.45, 2.75) is 6.92 Å². The first-order valence-corrected chi connectivity index (χ1v) is 8.77. The van der Waals surface area contributed by atoms with Crippen molar-refractivity contribution in [2.24, 2.45) is 11.8 Å². The number of hydrogen-bond acceptors (Lipinski definition) is 7. The summed E-state index contributed by atoms with van der Waals surface area (Å²) < 4.78 is 1.80. The van der Waals surface area contributed by atoms with Crippen molar-refractivity contribution in [1.82, 2.24) is 24.8 Å². The Bertz CT molecular complexity index is 1010. The van der Waals surface area contributed by atoms with Crippen molar-refractivity contribution in [2.75, 3.05) is 36.0 Å². The Labute approximate surface area is 150 Å². The van der Waals surface area contributed by atoms with Gasteiger partial charge in [0.1, 0.15) is 11.9 Å². The molecule has 26 heavy (non-hydrogen) atoms. The van der Waals surface area contributed by atoms with Crippen LogP contribution in [0.4, 0.5) is 11.5 Å². The van der Waals surface area contributed by atoms with Crippen molar-refractivity contribution in [3.8, 4) is 6.07 Å². The monoisotopic (exact) mass is 346 g/mol. The van der Waals surface area contributed by atoms with Crippen LogP contribution >= 0.6 is 0 Å². The molecule has 5 heterocycles. The third-order valence-corrected chi connectivity index (χ3v) is 5.45. The zero-order valence-corrected chi connectivity index (χ0v) is 14.4. The van der Waals surface area contributed by atoms with Crippen molar-refractivity contribution < 1.29 is 0 Å². The Morgan fingerprint density at radius 2 is 1.81 bits per heavy atom. The lowest BCUT2D eigenvalue weighted by Gasteiger charge is -2.24. The van der Waals surface area contributed by atoms with Gasteiger partial charge in [0.05, 0.1) is 5.69 Å². The van der Waals surface area contributed by atoms with Gasteiger partial charge in [0.25, 0.3) is 0 Å². The summed E-state index contributed by atoms with van der Waals surface area (Å²) in [4.78, 5) is 8.84. The van der Waals surface area contributed by atoms with E-state index in [4.69, 9.17) is 5.10 Å². The van der Waals surface area contributed by atoms with Crippen molar-refractivity contribution >= 4 is 17.2 Å². The lowest BCUT2D eigenvalue weighted by atomic mass is 10.0. The van der Waals surface area contributed by atoms with Gasteiger partial charge in [-0.3, -0.25) is 0 Å². The van der Waals surface area contributed by atoms with Crippen LogP contribution < -0.4 is 9.80 Å². The first kappa shape index (κ1) is 15.1. The van der Waals surface area contributed by atoms with Gasteiger partial charge < -0.3 is 9.80 Å². The minimum Gasteiger partial charge on any atom is -0.368 e. The molecule has 0 amide bonds. The summed E-state index contributed by atoms with van der Waals surface area (Å²) in [6, 6.07) is 10.1. The number of hydrogen-bond donors (Lipinski definition) is 0. The van der Waals surface area contributed by atoms with E-state index < -0.39 is 0 Å². The van der Waals surface area contributed by atoms with Crippen LogP contribution in [-0.2, 0) is 0 Å². The van der Waals surface area contributed by atoms with Gasteiger partial charge in [-0.2, -0.15) is 9.78 Å². The van der Waals surface area contributed by atoms with Crippen LogP contribution in [0.2, 0.25) is 0 Å². The molecule has 0 aromatic carbocycles. The molecule has 3 aromatic heterocycles. The summed E-state index contributed by atoms with van der Waals surface area (Å²) in [6.45, 7) is 5.77. The predicted molar refractivity (Wildman–Crippen MR) is 95.9 cm³/mol. The molecule has 8 nitrogen and oxygen atoms in total. The summed E-state index contributed by atoms with van der Waals surface area (Å²) in [5, 5.41) is 22.2. The molecule has 0 radical (unpaired) electrons. The highest BCUT2D eigenvalue weighted by atomic mass is 15.4. The van der Waals surface area contributed by atoms with Crippen LogP contribution in [0.5, 0.6) is 0 Å². The molecule has 0 saturated carbocycles. The number of nitrogens with zero attached hydrogens (tertiary/aromatic N) is 8. The molecule has 0 bridgehead atoms. The molecule has 2 saturated heterocycles. The third kappa shape index (κ3) is 2.28. The van der Waals surface area contributed by atoms with E-state index in [1.165, 1.54) is 0 Å². The highest BCUT2D eigenvalue weighted by molar-refractivity contribution is 5.57. The number of fused-ring (bicyclic) bond motifs is 2. The molecule has 3 aromatic rings. The fourth-order valence-corrected chi connectivity index (χ4v) is 4.17. The highest BCUT2D eigenvalue weighted by Crippen LogP contribution is 2.36. The van der Waals surface area contributed by atoms with Crippen LogP contribution in [0, 0.1) is 30.1 Å². The normalized spacial score (nSPS) is 22.0. The molecular formula is C18H18N8. The Kier molecular flexibility index (Phi) is 3.28. The molecule has 8 heteroatoms. The topological polar surface area (TPSA) is 86.2 Å². The fraction of sp³-hybridized carbons (Fsp3) is 0.389. The van der Waals surface area contributed by atoms with Gasteiger partial charge in [-0.1, -0.05) is 0 Å². The van der Waals surface area contributed by atoms with Gasteiger partial charge >= 0.3 is 0 Å². The quantitative estimate of drug-likeness (QED) is 0.690. The van der Waals surface area contributed by atoms with E-state index in [0.717, 1.165) is 49.2 Å². The number of aryl methyl sites for hydroxylation is 1. The maximum absolute atomic E-state index is 9.30. The standard InChI is InChI=1S/C18H18N8/c1-12-21-22-17-4-5-18(23-26(12)17)25-10-13-8-24(9-14(13)11-25)16-3-2-6-20-15(16)7-19/h2-6,13-14H,8-11H2,1H3. The molecule has 0 N–H and O–H groups in total. The number of anilines is 2. The SMILES string of the molecule is Cc1nnc2ccc(N3CC4CN(c5cccnc5C#N)CC4C3)nn12. The van der Waals surface area contributed by atoms with Gasteiger partial charge in [-0.05, 0) is 31.2 Å². The molecule has 0 aliphatic carbocycles. The van der Waals surface area contributed by atoms with Gasteiger partial charge in [-0.15, -0.1) is 15.3 Å². The molecule has 2 unspecified atom stereocenters. The molecular weight excluding hydrogens is 328 g/mol. The summed E-state index contributed by atoms with van der Waals surface area (Å²) in [5.74, 6) is 2.91. The average Bonchev–Trinajstić information content (AvgIpc) is 3.35. The lowest BCUT2D eigenvalue weighted by Crippen LogP contribution is -2.30. The van der Waals surface area contributed by atoms with Crippen LogP contribution in [0.15, 0.2) is 30.5 Å². The minimum absolute atomic E-state index is 0.513. The van der Waals surface area contributed by atoms with Crippen molar-refractivity contribution in [1.29, 1.82) is 5.26 Å². The average molecular weight is 346 g/mol. The van der Waals surface area contributed by atoms with Gasteiger partial charge in [0.15, 0.2) is 17.2 Å². The fourth-order valence-electron chi connectivity index (χ4n) is 4.17. The summed E-state index contributed by atoms with van der Waals surface area (Å²) in [5.41, 5.74) is 2.24. The van der Waals surface area contributed by atoms with E-state index in [1.807, 2.05) is 31.2 Å². The Hall–Kier alpha value is -3.21. The molecule has 2 fully saturated rings. The Morgan fingerprint density at radius 3 is 2.58 bits per heavy atom. The van der Waals surface area contributed by atoms with E-state index >= 15 is 0 Å². The molecule has 0 spiro atoms. The molecule has 2 atom stereocenters. The van der Waals surface area contributed by atoms with Crippen LogP contribution in [0.3, 0.4) is 0 Å². The second-order valence-electron chi connectivity index (χ2n) is 7.02. The number of rotatable bonds is 2. The van der Waals surface area contributed by atoms with Gasteiger partial charge in [-0.25, -0.2) is 4.98 Å². The van der Waals surface area contributed by atoms with Gasteiger partial charge in [0, 0.05) is 44.2 Å². The van der Waals surface area contributed by atoms with E-state index in [0.29, 0.717) is 17.5 Å². The molecule has 130 valence electrons.